The van der Waals surface area contributed by atoms with Crippen molar-refractivity contribution >= 4 is 11.5 Å². The average Bonchev–Trinajstić information content (AvgIpc) is 2.39. The highest BCUT2D eigenvalue weighted by molar-refractivity contribution is 5.63. The Morgan fingerprint density at radius 2 is 2.12 bits per heavy atom. The maximum atomic E-state index is 5.98. The minimum Gasteiger partial charge on any atom is -0.481 e. The molecule has 0 saturated carbocycles. The lowest BCUT2D eigenvalue weighted by atomic mass is 9.94. The molecule has 2 rings (SSSR count). The van der Waals surface area contributed by atoms with Gasteiger partial charge in [0.1, 0.15) is 0 Å². The molecule has 1 aliphatic rings. The first-order chi connectivity index (χ1) is 8.24. The Balaban J connectivity index is 2.12. The van der Waals surface area contributed by atoms with Crippen LogP contribution in [-0.2, 0) is 0 Å². The van der Waals surface area contributed by atoms with Gasteiger partial charge in [-0.25, -0.2) is 0 Å². The van der Waals surface area contributed by atoms with Crippen LogP contribution < -0.4 is 15.4 Å². The molecule has 1 aromatic rings. The standard InChI is InChI=1S/C13H21N3O/c1-3-10-6-8-16(9-7-10)13-11(14)4-5-12(15-13)17-2/h4-5,10H,3,6-9,14H2,1-2H3. The fraction of sp³-hybridized carbons (Fsp3) is 0.615. The number of methoxy groups -OCH3 is 1. The number of nitrogen functional groups attached to an aromatic ring is 1. The number of ether oxygens (including phenoxy) is 1. The topological polar surface area (TPSA) is 51.4 Å². The van der Waals surface area contributed by atoms with Crippen molar-refractivity contribution in [1.82, 2.24) is 4.98 Å². The zero-order valence-corrected chi connectivity index (χ0v) is 10.6. The molecular weight excluding hydrogens is 214 g/mol. The minimum absolute atomic E-state index is 0.631. The van der Waals surface area contributed by atoms with Crippen LogP contribution in [0.15, 0.2) is 12.1 Å². The van der Waals surface area contributed by atoms with E-state index in [2.05, 4.69) is 16.8 Å². The fourth-order valence-corrected chi connectivity index (χ4v) is 2.36. The van der Waals surface area contributed by atoms with Crippen molar-refractivity contribution in [1.29, 1.82) is 0 Å². The number of piperidine rings is 1. The molecule has 1 saturated heterocycles. The third-order valence-corrected chi connectivity index (χ3v) is 3.58. The van der Waals surface area contributed by atoms with Crippen LogP contribution in [0.5, 0.6) is 5.88 Å². The third kappa shape index (κ3) is 2.62. The van der Waals surface area contributed by atoms with Crippen molar-refractivity contribution in [3.63, 3.8) is 0 Å². The summed E-state index contributed by atoms with van der Waals surface area (Å²) in [6.07, 6.45) is 3.73. The van der Waals surface area contributed by atoms with Crippen molar-refractivity contribution in [2.24, 2.45) is 5.92 Å². The van der Waals surface area contributed by atoms with Crippen LogP contribution in [0.4, 0.5) is 11.5 Å². The predicted octanol–water partition coefficient (Wildman–Crippen LogP) is 2.30. The zero-order valence-electron chi connectivity index (χ0n) is 10.6. The Morgan fingerprint density at radius 1 is 1.41 bits per heavy atom. The molecule has 0 aliphatic carbocycles. The third-order valence-electron chi connectivity index (χ3n) is 3.58. The van der Waals surface area contributed by atoms with Gasteiger partial charge in [0.05, 0.1) is 12.8 Å². The summed E-state index contributed by atoms with van der Waals surface area (Å²) in [7, 11) is 1.63. The Morgan fingerprint density at radius 3 is 2.71 bits per heavy atom. The Hall–Kier alpha value is -1.45. The van der Waals surface area contributed by atoms with Gasteiger partial charge in [-0.1, -0.05) is 13.3 Å². The summed E-state index contributed by atoms with van der Waals surface area (Å²) in [4.78, 5) is 6.71. The molecule has 0 aromatic carbocycles. The fourth-order valence-electron chi connectivity index (χ4n) is 2.36. The number of aromatic nitrogens is 1. The SMILES string of the molecule is CCC1CCN(c2nc(OC)ccc2N)CC1. The Labute approximate surface area is 103 Å². The molecule has 0 unspecified atom stereocenters. The maximum absolute atomic E-state index is 5.98. The van der Waals surface area contributed by atoms with Crippen molar-refractivity contribution < 1.29 is 4.74 Å². The first-order valence-corrected chi connectivity index (χ1v) is 6.30. The zero-order chi connectivity index (χ0) is 12.3. The van der Waals surface area contributed by atoms with E-state index in [9.17, 15) is 0 Å². The van der Waals surface area contributed by atoms with Crippen LogP contribution in [0, 0.1) is 5.92 Å². The number of hydrogen-bond acceptors (Lipinski definition) is 4. The lowest BCUT2D eigenvalue weighted by Gasteiger charge is -2.33. The van der Waals surface area contributed by atoms with E-state index in [0.29, 0.717) is 5.88 Å². The van der Waals surface area contributed by atoms with E-state index in [4.69, 9.17) is 10.5 Å². The Bertz CT molecular complexity index is 373. The van der Waals surface area contributed by atoms with Gasteiger partial charge in [0.25, 0.3) is 0 Å². The molecule has 0 amide bonds. The van der Waals surface area contributed by atoms with E-state index in [1.807, 2.05) is 6.07 Å². The highest BCUT2D eigenvalue weighted by Crippen LogP contribution is 2.28. The van der Waals surface area contributed by atoms with Crippen LogP contribution in [0.3, 0.4) is 0 Å². The summed E-state index contributed by atoms with van der Waals surface area (Å²) in [6, 6.07) is 3.67. The molecule has 2 heterocycles. The molecule has 4 nitrogen and oxygen atoms in total. The molecule has 17 heavy (non-hydrogen) atoms. The van der Waals surface area contributed by atoms with Crippen molar-refractivity contribution in [3.8, 4) is 5.88 Å². The smallest absolute Gasteiger partial charge is 0.215 e. The van der Waals surface area contributed by atoms with Crippen molar-refractivity contribution in [3.05, 3.63) is 12.1 Å². The van der Waals surface area contributed by atoms with Gasteiger partial charge in [-0.3, -0.25) is 0 Å². The lowest BCUT2D eigenvalue weighted by Crippen LogP contribution is -2.34. The van der Waals surface area contributed by atoms with Gasteiger partial charge in [0.2, 0.25) is 5.88 Å². The molecule has 0 atom stereocenters. The molecule has 0 bridgehead atoms. The Kier molecular flexibility index (Phi) is 3.71. The van der Waals surface area contributed by atoms with E-state index in [1.165, 1.54) is 19.3 Å². The van der Waals surface area contributed by atoms with Gasteiger partial charge in [0.15, 0.2) is 5.82 Å². The summed E-state index contributed by atoms with van der Waals surface area (Å²) in [5.74, 6) is 2.36. The van der Waals surface area contributed by atoms with Gasteiger partial charge in [-0.05, 0) is 24.8 Å². The van der Waals surface area contributed by atoms with Gasteiger partial charge in [-0.15, -0.1) is 0 Å². The number of nitrogens with zero attached hydrogens (tertiary/aromatic N) is 2. The molecule has 2 N–H and O–H groups in total. The summed E-state index contributed by atoms with van der Waals surface area (Å²) in [6.45, 7) is 4.35. The first kappa shape index (κ1) is 12.0. The highest BCUT2D eigenvalue weighted by atomic mass is 16.5. The number of pyridine rings is 1. The van der Waals surface area contributed by atoms with E-state index < -0.39 is 0 Å². The molecule has 4 heteroatoms. The summed E-state index contributed by atoms with van der Waals surface area (Å²) < 4.78 is 5.15. The van der Waals surface area contributed by atoms with Gasteiger partial charge in [0, 0.05) is 19.2 Å². The molecule has 0 spiro atoms. The second kappa shape index (κ2) is 5.25. The van der Waals surface area contributed by atoms with Crippen LogP contribution in [0.1, 0.15) is 26.2 Å². The van der Waals surface area contributed by atoms with Gasteiger partial charge >= 0.3 is 0 Å². The largest absolute Gasteiger partial charge is 0.481 e. The number of hydrogen-bond donors (Lipinski definition) is 1. The van der Waals surface area contributed by atoms with Crippen LogP contribution in [-0.4, -0.2) is 25.2 Å². The summed E-state index contributed by atoms with van der Waals surface area (Å²) >= 11 is 0. The first-order valence-electron chi connectivity index (χ1n) is 6.30. The van der Waals surface area contributed by atoms with Gasteiger partial charge < -0.3 is 15.4 Å². The number of anilines is 2. The van der Waals surface area contributed by atoms with E-state index in [0.717, 1.165) is 30.5 Å². The molecule has 94 valence electrons. The van der Waals surface area contributed by atoms with Crippen LogP contribution >= 0.6 is 0 Å². The summed E-state index contributed by atoms with van der Waals surface area (Å²) in [5, 5.41) is 0. The minimum atomic E-state index is 0.631. The van der Waals surface area contributed by atoms with E-state index in [-0.39, 0.29) is 0 Å². The predicted molar refractivity (Wildman–Crippen MR) is 70.4 cm³/mol. The van der Waals surface area contributed by atoms with E-state index in [1.54, 1.807) is 13.2 Å². The van der Waals surface area contributed by atoms with Crippen LogP contribution in [0.25, 0.3) is 0 Å². The normalized spacial score (nSPS) is 17.2. The van der Waals surface area contributed by atoms with E-state index >= 15 is 0 Å². The molecule has 1 fully saturated rings. The molecular formula is C13H21N3O. The van der Waals surface area contributed by atoms with Crippen molar-refractivity contribution in [2.75, 3.05) is 30.8 Å². The van der Waals surface area contributed by atoms with Crippen molar-refractivity contribution in [2.45, 2.75) is 26.2 Å². The second-order valence-electron chi connectivity index (χ2n) is 4.61. The lowest BCUT2D eigenvalue weighted by molar-refractivity contribution is 0.386. The second-order valence-corrected chi connectivity index (χ2v) is 4.61. The number of nitrogens with two attached hydrogens (primary N) is 1. The summed E-state index contributed by atoms with van der Waals surface area (Å²) in [5.41, 5.74) is 6.72. The highest BCUT2D eigenvalue weighted by Gasteiger charge is 2.20. The van der Waals surface area contributed by atoms with Gasteiger partial charge in [-0.2, -0.15) is 4.98 Å². The molecule has 1 aliphatic heterocycles. The average molecular weight is 235 g/mol. The monoisotopic (exact) mass is 235 g/mol. The number of rotatable bonds is 3. The molecule has 0 radical (unpaired) electrons. The maximum Gasteiger partial charge on any atom is 0.215 e. The molecule has 1 aromatic heterocycles. The quantitative estimate of drug-likeness (QED) is 0.873. The van der Waals surface area contributed by atoms with Crippen LogP contribution in [0.2, 0.25) is 0 Å².